The van der Waals surface area contributed by atoms with Crippen LogP contribution in [0.2, 0.25) is 5.02 Å². The molecule has 9 rings (SSSR count). The van der Waals surface area contributed by atoms with Crippen LogP contribution in [0.5, 0.6) is 0 Å². The highest BCUT2D eigenvalue weighted by Gasteiger charge is 2.48. The molecule has 1 N–H and O–H groups in total. The van der Waals surface area contributed by atoms with Crippen LogP contribution in [-0.2, 0) is 22.7 Å². The average molecular weight is 788 g/mol. The molecule has 4 saturated heterocycles. The maximum Gasteiger partial charge on any atom is 0.262 e. The number of benzene rings is 3. The predicted octanol–water partition coefficient (Wildman–Crippen LogP) is 5.37. The number of likely N-dealkylation sites (tertiary alicyclic amines) is 1. The summed E-state index contributed by atoms with van der Waals surface area (Å²) in [7, 11) is 0. The van der Waals surface area contributed by atoms with Gasteiger partial charge in [0.15, 0.2) is 0 Å². The molecule has 5 amide bonds. The van der Waals surface area contributed by atoms with Gasteiger partial charge in [-0.1, -0.05) is 11.6 Å². The molecule has 13 heteroatoms. The van der Waals surface area contributed by atoms with Crippen LogP contribution in [0.15, 0.2) is 54.6 Å². The molecular weight excluding hydrogens is 742 g/mol. The summed E-state index contributed by atoms with van der Waals surface area (Å²) in [4.78, 5) is 74.6. The molecule has 4 fully saturated rings. The van der Waals surface area contributed by atoms with Crippen molar-refractivity contribution in [1.29, 1.82) is 5.26 Å². The van der Waals surface area contributed by atoms with E-state index in [1.165, 1.54) is 0 Å². The first-order valence-corrected chi connectivity index (χ1v) is 20.6. The molecule has 0 aromatic heterocycles. The van der Waals surface area contributed by atoms with E-state index in [9.17, 15) is 29.2 Å². The van der Waals surface area contributed by atoms with E-state index in [-0.39, 0.29) is 30.1 Å². The fourth-order valence-electron chi connectivity index (χ4n) is 10.3. The first-order valence-electron chi connectivity index (χ1n) is 20.2. The van der Waals surface area contributed by atoms with Crippen LogP contribution in [0.1, 0.15) is 99.6 Å². The van der Waals surface area contributed by atoms with Gasteiger partial charge in [-0.25, -0.2) is 0 Å². The highest BCUT2D eigenvalue weighted by atomic mass is 35.5. The summed E-state index contributed by atoms with van der Waals surface area (Å²) in [5.74, 6) is -1.30. The minimum atomic E-state index is -0.959. The van der Waals surface area contributed by atoms with Crippen LogP contribution in [0.3, 0.4) is 0 Å². The number of anilines is 2. The molecule has 0 saturated carbocycles. The quantitative estimate of drug-likeness (QED) is 0.327. The van der Waals surface area contributed by atoms with E-state index in [4.69, 9.17) is 11.6 Å². The highest BCUT2D eigenvalue weighted by molar-refractivity contribution is 6.32. The predicted molar refractivity (Wildman–Crippen MR) is 214 cm³/mol. The lowest BCUT2D eigenvalue weighted by Crippen LogP contribution is -2.54. The lowest BCUT2D eigenvalue weighted by molar-refractivity contribution is -0.136. The molecule has 6 aliphatic rings. The second-order valence-corrected chi connectivity index (χ2v) is 17.2. The number of carbonyl (C=O) groups excluding carboxylic acids is 5. The molecule has 0 bridgehead atoms. The number of rotatable bonds is 6. The van der Waals surface area contributed by atoms with Crippen molar-refractivity contribution < 1.29 is 24.0 Å². The minimum Gasteiger partial charge on any atom is -0.372 e. The lowest BCUT2D eigenvalue weighted by atomic mass is 9.73. The Hall–Kier alpha value is -5.25. The SMILES string of the molecule is CC1N(c2ccc(C#N)c(Cl)c2)CCC12CCN(C(=O)c1ccc(N3CCC(CN4Cc5cc6c(cc5C4)C(=O)N(C4CCC(=O)NC4=O)C6=O)CC3)cc1)CC2. The number of carbonyl (C=O) groups is 5. The van der Waals surface area contributed by atoms with Crippen LogP contribution < -0.4 is 15.1 Å². The number of halogens is 1. The summed E-state index contributed by atoms with van der Waals surface area (Å²) < 4.78 is 0. The molecule has 294 valence electrons. The number of amides is 5. The Labute approximate surface area is 337 Å². The first kappa shape index (κ1) is 37.3. The van der Waals surface area contributed by atoms with Crippen LogP contribution in [0, 0.1) is 22.7 Å². The van der Waals surface area contributed by atoms with Gasteiger partial charge in [0.05, 0.1) is 21.7 Å². The maximum atomic E-state index is 13.6. The van der Waals surface area contributed by atoms with E-state index in [2.05, 4.69) is 45.1 Å². The van der Waals surface area contributed by atoms with Gasteiger partial charge >= 0.3 is 0 Å². The summed E-state index contributed by atoms with van der Waals surface area (Å²) in [5.41, 5.74) is 6.32. The molecule has 3 aromatic carbocycles. The topological polar surface area (TPSA) is 137 Å². The lowest BCUT2D eigenvalue weighted by Gasteiger charge is -2.43. The molecule has 1 spiro atoms. The Balaban J connectivity index is 0.747. The number of hydrogen-bond donors (Lipinski definition) is 1. The standard InChI is InChI=1S/C44H46ClN7O5/c1-27-44(14-19-51(27)34-7-4-30(23-46)37(45)22-34)12-17-50(18-13-44)41(55)29-2-5-33(6-3-29)49-15-10-28(11-16-49)24-48-25-31-20-35-36(21-32(31)26-48)43(57)52(42(35)56)38-8-9-39(53)47-40(38)54/h2-7,20-22,27-28,38H,8-19,24-26H2,1H3,(H,47,53,54). The number of piperidine rings is 3. The zero-order valence-electron chi connectivity index (χ0n) is 32.1. The number of nitrogens with zero attached hydrogens (tertiary/aromatic N) is 6. The Bertz CT molecular complexity index is 2180. The summed E-state index contributed by atoms with van der Waals surface area (Å²) in [6.45, 7) is 8.92. The van der Waals surface area contributed by atoms with Gasteiger partial charge < -0.3 is 14.7 Å². The number of fused-ring (bicyclic) bond motifs is 2. The fraction of sp³-hybridized carbons (Fsp3) is 0.455. The van der Waals surface area contributed by atoms with Crippen molar-refractivity contribution >= 4 is 52.5 Å². The fourth-order valence-corrected chi connectivity index (χ4v) is 10.5. The molecule has 6 heterocycles. The number of nitrogens with one attached hydrogen (secondary N) is 1. The van der Waals surface area contributed by atoms with E-state index in [1.807, 2.05) is 41.3 Å². The Kier molecular flexibility index (Phi) is 9.56. The van der Waals surface area contributed by atoms with E-state index in [0.717, 1.165) is 104 Å². The highest BCUT2D eigenvalue weighted by Crippen LogP contribution is 2.47. The Morgan fingerprint density at radius 1 is 0.842 bits per heavy atom. The van der Waals surface area contributed by atoms with E-state index >= 15 is 0 Å². The number of nitriles is 1. The van der Waals surface area contributed by atoms with Crippen molar-refractivity contribution in [3.63, 3.8) is 0 Å². The number of imide groups is 2. The number of hydrogen-bond acceptors (Lipinski definition) is 9. The maximum absolute atomic E-state index is 13.6. The van der Waals surface area contributed by atoms with Gasteiger partial charge in [-0.15, -0.1) is 0 Å². The second kappa shape index (κ2) is 14.6. The molecule has 0 radical (unpaired) electrons. The van der Waals surface area contributed by atoms with Crippen molar-refractivity contribution in [2.24, 2.45) is 11.3 Å². The van der Waals surface area contributed by atoms with Crippen LogP contribution in [0.4, 0.5) is 11.4 Å². The second-order valence-electron chi connectivity index (χ2n) is 16.8. The van der Waals surface area contributed by atoms with Crippen LogP contribution >= 0.6 is 11.6 Å². The van der Waals surface area contributed by atoms with E-state index in [0.29, 0.717) is 46.8 Å². The van der Waals surface area contributed by atoms with Crippen molar-refractivity contribution in [3.05, 3.63) is 93.0 Å². The van der Waals surface area contributed by atoms with Crippen molar-refractivity contribution in [2.45, 2.75) is 77.0 Å². The van der Waals surface area contributed by atoms with Crippen molar-refractivity contribution in [2.75, 3.05) is 49.1 Å². The van der Waals surface area contributed by atoms with Gasteiger partial charge in [0.1, 0.15) is 12.1 Å². The smallest absolute Gasteiger partial charge is 0.262 e. The van der Waals surface area contributed by atoms with E-state index in [1.54, 1.807) is 6.07 Å². The molecule has 57 heavy (non-hydrogen) atoms. The van der Waals surface area contributed by atoms with Gasteiger partial charge in [0, 0.05) is 81.8 Å². The summed E-state index contributed by atoms with van der Waals surface area (Å²) in [6, 6.07) is 19.0. The van der Waals surface area contributed by atoms with Gasteiger partial charge in [0.2, 0.25) is 11.8 Å². The zero-order chi connectivity index (χ0) is 39.6. The van der Waals surface area contributed by atoms with Gasteiger partial charge in [-0.3, -0.25) is 39.1 Å². The minimum absolute atomic E-state index is 0.0914. The van der Waals surface area contributed by atoms with Crippen molar-refractivity contribution in [3.8, 4) is 6.07 Å². The summed E-state index contributed by atoms with van der Waals surface area (Å²) in [6.07, 6.45) is 5.34. The van der Waals surface area contributed by atoms with Crippen LogP contribution in [-0.4, -0.2) is 95.6 Å². The largest absolute Gasteiger partial charge is 0.372 e. The third-order valence-electron chi connectivity index (χ3n) is 13.8. The summed E-state index contributed by atoms with van der Waals surface area (Å²) in [5, 5.41) is 12.0. The third-order valence-corrected chi connectivity index (χ3v) is 14.1. The monoisotopic (exact) mass is 787 g/mol. The Morgan fingerprint density at radius 3 is 2.09 bits per heavy atom. The van der Waals surface area contributed by atoms with Gasteiger partial charge in [-0.2, -0.15) is 5.26 Å². The third kappa shape index (κ3) is 6.64. The molecule has 2 atom stereocenters. The zero-order valence-corrected chi connectivity index (χ0v) is 32.9. The van der Waals surface area contributed by atoms with Crippen molar-refractivity contribution in [1.82, 2.24) is 20.0 Å². The van der Waals surface area contributed by atoms with E-state index < -0.39 is 23.8 Å². The average Bonchev–Trinajstić information content (AvgIpc) is 3.84. The molecule has 12 nitrogen and oxygen atoms in total. The van der Waals surface area contributed by atoms with Gasteiger partial charge in [-0.05, 0) is 123 Å². The van der Waals surface area contributed by atoms with Gasteiger partial charge in [0.25, 0.3) is 17.7 Å². The van der Waals surface area contributed by atoms with Crippen LogP contribution in [0.25, 0.3) is 0 Å². The molecule has 0 aliphatic carbocycles. The summed E-state index contributed by atoms with van der Waals surface area (Å²) >= 11 is 6.36. The molecule has 3 aromatic rings. The first-order chi connectivity index (χ1) is 27.5. The molecular formula is C44H46ClN7O5. The molecule has 6 aliphatic heterocycles. The Morgan fingerprint density at radius 2 is 1.47 bits per heavy atom. The molecule has 2 unspecified atom stereocenters. The normalized spacial score (nSPS) is 23.6.